The van der Waals surface area contributed by atoms with Crippen molar-refractivity contribution in [1.82, 2.24) is 0 Å². The summed E-state index contributed by atoms with van der Waals surface area (Å²) in [5.74, 6) is -0.744. The first-order valence-corrected chi connectivity index (χ1v) is 8.17. The monoisotopic (exact) mass is 378 g/mol. The highest BCUT2D eigenvalue weighted by molar-refractivity contribution is 9.10. The molecule has 0 saturated heterocycles. The van der Waals surface area contributed by atoms with Crippen molar-refractivity contribution in [2.45, 2.75) is 0 Å². The number of carbonyl (C=O) groups is 2. The molecule has 4 heteroatoms. The number of carbonyl (C=O) groups excluding carboxylic acids is 2. The van der Waals surface area contributed by atoms with Crippen LogP contribution in [0.25, 0.3) is 16.3 Å². The van der Waals surface area contributed by atoms with Gasteiger partial charge in [-0.1, -0.05) is 52.3 Å². The number of ketones is 2. The van der Waals surface area contributed by atoms with Crippen molar-refractivity contribution in [3.05, 3.63) is 81.8 Å². The Morgan fingerprint density at radius 2 is 1.62 bits per heavy atom. The van der Waals surface area contributed by atoms with Crippen LogP contribution < -0.4 is 0 Å². The first-order valence-electron chi connectivity index (χ1n) is 7.37. The summed E-state index contributed by atoms with van der Waals surface area (Å²) in [5.41, 5.74) is 1.35. The predicted molar refractivity (Wildman–Crippen MR) is 96.4 cm³/mol. The van der Waals surface area contributed by atoms with Crippen LogP contribution in [0.4, 0.5) is 0 Å². The molecular weight excluding hydrogens is 368 g/mol. The number of rotatable bonds is 1. The van der Waals surface area contributed by atoms with E-state index in [1.165, 1.54) is 6.08 Å². The Labute approximate surface area is 146 Å². The molecule has 24 heavy (non-hydrogen) atoms. The van der Waals surface area contributed by atoms with Crippen LogP contribution in [-0.2, 0) is 0 Å². The van der Waals surface area contributed by atoms with E-state index in [-0.39, 0.29) is 28.4 Å². The fourth-order valence-electron chi connectivity index (χ4n) is 3.01. The maximum absolute atomic E-state index is 12.9. The zero-order valence-corrected chi connectivity index (χ0v) is 14.0. The topological polar surface area (TPSA) is 54.4 Å². The van der Waals surface area contributed by atoms with Gasteiger partial charge in [0.2, 0.25) is 0 Å². The number of phenolic OH excluding ortho intramolecular Hbond substituents is 1. The Morgan fingerprint density at radius 1 is 0.917 bits per heavy atom. The van der Waals surface area contributed by atoms with Gasteiger partial charge in [0.15, 0.2) is 11.6 Å². The molecule has 0 heterocycles. The second kappa shape index (κ2) is 5.42. The van der Waals surface area contributed by atoms with E-state index in [2.05, 4.69) is 15.9 Å². The lowest BCUT2D eigenvalue weighted by Crippen LogP contribution is -2.16. The van der Waals surface area contributed by atoms with E-state index in [0.29, 0.717) is 16.5 Å². The van der Waals surface area contributed by atoms with E-state index in [9.17, 15) is 14.7 Å². The summed E-state index contributed by atoms with van der Waals surface area (Å²) in [6.45, 7) is 0. The Bertz CT molecular complexity index is 1050. The number of benzene rings is 3. The molecule has 0 unspecified atom stereocenters. The molecule has 3 aromatic carbocycles. The number of hydrogen-bond donors (Lipinski definition) is 1. The Balaban J connectivity index is 1.95. The number of hydrogen-bond acceptors (Lipinski definition) is 3. The predicted octanol–water partition coefficient (Wildman–Crippen LogP) is 4.77. The minimum atomic E-state index is -0.356. The summed E-state index contributed by atoms with van der Waals surface area (Å²) >= 11 is 3.35. The van der Waals surface area contributed by atoms with Gasteiger partial charge < -0.3 is 5.11 Å². The van der Waals surface area contributed by atoms with Gasteiger partial charge in [-0.05, 0) is 35.2 Å². The van der Waals surface area contributed by atoms with Crippen molar-refractivity contribution < 1.29 is 14.7 Å². The number of phenols is 1. The summed E-state index contributed by atoms with van der Waals surface area (Å²) in [5, 5.41) is 11.8. The molecule has 0 amide bonds. The molecule has 0 atom stereocenters. The normalized spacial score (nSPS) is 13.8. The number of fused-ring (bicyclic) bond motifs is 2. The molecule has 0 aliphatic heterocycles. The van der Waals surface area contributed by atoms with Gasteiger partial charge in [0.05, 0.1) is 5.56 Å². The van der Waals surface area contributed by atoms with E-state index in [4.69, 9.17) is 0 Å². The van der Waals surface area contributed by atoms with Crippen molar-refractivity contribution >= 4 is 43.8 Å². The van der Waals surface area contributed by atoms with Crippen LogP contribution in [0.1, 0.15) is 26.3 Å². The fourth-order valence-corrected chi connectivity index (χ4v) is 3.28. The highest BCUT2D eigenvalue weighted by atomic mass is 79.9. The van der Waals surface area contributed by atoms with Crippen LogP contribution >= 0.6 is 15.9 Å². The van der Waals surface area contributed by atoms with E-state index in [1.54, 1.807) is 30.3 Å². The van der Waals surface area contributed by atoms with E-state index >= 15 is 0 Å². The Morgan fingerprint density at radius 3 is 2.38 bits per heavy atom. The fraction of sp³-hybridized carbons (Fsp3) is 0. The van der Waals surface area contributed by atoms with Crippen LogP contribution in [0, 0.1) is 0 Å². The molecule has 0 spiro atoms. The van der Waals surface area contributed by atoms with Crippen molar-refractivity contribution in [2.24, 2.45) is 0 Å². The number of aromatic hydroxyl groups is 1. The smallest absolute Gasteiger partial charge is 0.194 e. The molecule has 4 rings (SSSR count). The minimum Gasteiger partial charge on any atom is -0.507 e. The summed E-state index contributed by atoms with van der Waals surface area (Å²) < 4.78 is 0.894. The molecule has 1 N–H and O–H groups in total. The SMILES string of the molecule is O=C1C(c2ccc(Br)cc2)=CC(=O)c2c1cc1ccccc1c2O. The number of halogens is 1. The average Bonchev–Trinajstić information content (AvgIpc) is 2.59. The largest absolute Gasteiger partial charge is 0.507 e. The Kier molecular flexibility index (Phi) is 3.36. The van der Waals surface area contributed by atoms with Crippen molar-refractivity contribution in [2.75, 3.05) is 0 Å². The van der Waals surface area contributed by atoms with Crippen LogP contribution in [0.15, 0.2) is 65.1 Å². The van der Waals surface area contributed by atoms with E-state index < -0.39 is 0 Å². The van der Waals surface area contributed by atoms with Gasteiger partial charge in [0.25, 0.3) is 0 Å². The van der Waals surface area contributed by atoms with E-state index in [0.717, 1.165) is 9.86 Å². The van der Waals surface area contributed by atoms with Gasteiger partial charge in [-0.25, -0.2) is 0 Å². The van der Waals surface area contributed by atoms with E-state index in [1.807, 2.05) is 24.3 Å². The van der Waals surface area contributed by atoms with Gasteiger partial charge >= 0.3 is 0 Å². The second-order valence-electron chi connectivity index (χ2n) is 5.63. The highest BCUT2D eigenvalue weighted by Crippen LogP contribution is 2.37. The van der Waals surface area contributed by atoms with Crippen LogP contribution in [-0.4, -0.2) is 16.7 Å². The van der Waals surface area contributed by atoms with Gasteiger partial charge in [-0.2, -0.15) is 0 Å². The highest BCUT2D eigenvalue weighted by Gasteiger charge is 2.30. The molecule has 3 nitrogen and oxygen atoms in total. The molecule has 0 fully saturated rings. The first-order chi connectivity index (χ1) is 11.6. The first kappa shape index (κ1) is 14.8. The summed E-state index contributed by atoms with van der Waals surface area (Å²) in [6.07, 6.45) is 1.31. The molecule has 0 radical (unpaired) electrons. The lowest BCUT2D eigenvalue weighted by Gasteiger charge is -2.18. The quantitative estimate of drug-likeness (QED) is 0.663. The third kappa shape index (κ3) is 2.19. The molecule has 3 aromatic rings. The van der Waals surface area contributed by atoms with Crippen LogP contribution in [0.5, 0.6) is 5.75 Å². The van der Waals surface area contributed by atoms with Gasteiger partial charge in [0.1, 0.15) is 5.75 Å². The molecule has 0 saturated carbocycles. The minimum absolute atomic E-state index is 0.0829. The maximum Gasteiger partial charge on any atom is 0.194 e. The lowest BCUT2D eigenvalue weighted by atomic mass is 9.84. The van der Waals surface area contributed by atoms with Gasteiger partial charge in [-0.15, -0.1) is 0 Å². The van der Waals surface area contributed by atoms with Crippen LogP contribution in [0.3, 0.4) is 0 Å². The lowest BCUT2D eigenvalue weighted by molar-refractivity contribution is 0.0999. The molecule has 0 bridgehead atoms. The number of allylic oxidation sites excluding steroid dienone is 2. The van der Waals surface area contributed by atoms with Crippen molar-refractivity contribution in [3.8, 4) is 5.75 Å². The van der Waals surface area contributed by atoms with Gasteiger partial charge in [0, 0.05) is 21.0 Å². The maximum atomic E-state index is 12.9. The summed E-state index contributed by atoms with van der Waals surface area (Å²) in [7, 11) is 0. The van der Waals surface area contributed by atoms with Crippen molar-refractivity contribution in [3.63, 3.8) is 0 Å². The third-order valence-corrected chi connectivity index (χ3v) is 4.72. The zero-order valence-electron chi connectivity index (χ0n) is 12.4. The molecule has 116 valence electrons. The average molecular weight is 379 g/mol. The molecular formula is C20H11BrO3. The number of Topliss-reactive ketones (excluding diaryl/α,β-unsaturated/α-hetero) is 1. The van der Waals surface area contributed by atoms with Crippen molar-refractivity contribution in [1.29, 1.82) is 0 Å². The van der Waals surface area contributed by atoms with Crippen LogP contribution in [0.2, 0.25) is 0 Å². The summed E-state index contributed by atoms with van der Waals surface area (Å²) in [4.78, 5) is 25.4. The molecule has 1 aliphatic carbocycles. The van der Waals surface area contributed by atoms with Gasteiger partial charge in [-0.3, -0.25) is 9.59 Å². The second-order valence-corrected chi connectivity index (χ2v) is 6.54. The Hall–Kier alpha value is -2.72. The zero-order chi connectivity index (χ0) is 16.8. The molecule has 0 aromatic heterocycles. The standard InChI is InChI=1S/C20H11BrO3/c21-13-7-5-11(6-8-13)15-10-17(22)18-16(19(15)23)9-12-3-1-2-4-14(12)20(18)24/h1-10,24H. The summed E-state index contributed by atoms with van der Waals surface area (Å²) in [6, 6.07) is 16.0. The third-order valence-electron chi connectivity index (χ3n) is 4.19. The molecule has 1 aliphatic rings.